The topological polar surface area (TPSA) is 189 Å². The second kappa shape index (κ2) is 19.2. The third kappa shape index (κ3) is 7.48. The molecule has 4 heterocycles. The fourth-order valence-corrected chi connectivity index (χ4v) is 17.7. The van der Waals surface area contributed by atoms with Crippen molar-refractivity contribution in [3.8, 4) is 45.6 Å². The molecule has 0 spiro atoms. The number of ether oxygens (including phenoxy) is 5. The molecule has 11 atom stereocenters. The minimum Gasteiger partial charge on any atom is -0.502 e. The molecule has 6 N–H and O–H groups in total. The number of carbonyl (C=O) groups is 2. The van der Waals surface area contributed by atoms with Crippen molar-refractivity contribution in [3.63, 3.8) is 0 Å². The van der Waals surface area contributed by atoms with Gasteiger partial charge in [0, 0.05) is 87.9 Å². The van der Waals surface area contributed by atoms with Gasteiger partial charge in [-0.05, 0) is 129 Å². The highest BCUT2D eigenvalue weighted by Gasteiger charge is 2.64. The molecule has 4 aromatic rings. The van der Waals surface area contributed by atoms with E-state index in [1.807, 2.05) is 12.1 Å². The third-order valence-electron chi connectivity index (χ3n) is 21.0. The molecule has 4 aliphatic heterocycles. The van der Waals surface area contributed by atoms with Crippen molar-refractivity contribution in [2.24, 2.45) is 29.6 Å². The second-order valence-corrected chi connectivity index (χ2v) is 24.5. The third-order valence-corrected chi connectivity index (χ3v) is 21.0. The number of aromatic hydroxyl groups is 1. The standard InChI is InChI=1S/C65H73N3O11/c1-35-13-16-39-12-5-8-27-64(39,67-35)79-50-31-48(75-2)42-19-20-43-55-47(66-62(74)58(50)57(42)55)30-49-56(43)60(72)44(34-78-49)38-28-51(76-3)61(73)52(29-38)77-33-41(32-69)65-40-17-14-36-10-9-11-37(59(36)65)15-21-46(65)45(22-18-40)63(25-6-4-7-26-63)68-53(70)23-24-54(68)71/h9-11,14-15,17,21,23-24,28-31,35,39-41,44-46,60,62,66-67,69,72-74H,4-8,12-13,16,18-20,22,25-27,32-34H2,1-3H3/t35-,39-,40-,41-,44-,45-,46+,60-,62-,64+,65-/m0/s1. The van der Waals surface area contributed by atoms with Gasteiger partial charge in [0.15, 0.2) is 23.5 Å². The number of hydrogen-bond acceptors (Lipinski definition) is 13. The summed E-state index contributed by atoms with van der Waals surface area (Å²) < 4.78 is 32.8. The molecule has 14 heteroatoms. The first-order valence-corrected chi connectivity index (χ1v) is 29.3. The number of phenols is 1. The Morgan fingerprint density at radius 2 is 1.53 bits per heavy atom. The Hall–Kier alpha value is -6.32. The molecule has 79 heavy (non-hydrogen) atoms. The van der Waals surface area contributed by atoms with E-state index in [-0.39, 0.29) is 66.6 Å². The summed E-state index contributed by atoms with van der Waals surface area (Å²) in [5, 5.41) is 56.2. The summed E-state index contributed by atoms with van der Waals surface area (Å²) in [6.07, 6.45) is 23.2. The van der Waals surface area contributed by atoms with E-state index in [9.17, 15) is 30.0 Å². The Kier molecular flexibility index (Phi) is 12.3. The molecular formula is C65H73N3O11. The SMILES string of the molecule is COc1cc([C@@H]2COc3cc4c5c(c3[C@H]2O)CCc2c(OC)cc(O[C@]36CCCC[C@H]3CC[C@H](C)N6)c(c2-5)[C@H](O)N4)cc(OC[C@H](CO)[C@@]23c4c5cccc4C=C[C@H]2CC[C@H](C2(N4C(=O)C=CC4=O)CCCCC2)[C@H]3C=C5)c1O. The lowest BCUT2D eigenvalue weighted by atomic mass is 9.43. The van der Waals surface area contributed by atoms with Crippen LogP contribution in [0.4, 0.5) is 5.69 Å². The van der Waals surface area contributed by atoms with Gasteiger partial charge < -0.3 is 49.4 Å². The number of nitrogens with zero attached hydrogens (tertiary/aromatic N) is 1. The maximum atomic E-state index is 13.8. The maximum absolute atomic E-state index is 13.8. The fourth-order valence-electron chi connectivity index (χ4n) is 17.7. The largest absolute Gasteiger partial charge is 0.502 e. The van der Waals surface area contributed by atoms with Crippen molar-refractivity contribution in [2.75, 3.05) is 39.4 Å². The van der Waals surface area contributed by atoms with E-state index in [2.05, 4.69) is 60.1 Å². The van der Waals surface area contributed by atoms with Gasteiger partial charge in [0.05, 0.1) is 51.2 Å². The average molecular weight is 1070 g/mol. The summed E-state index contributed by atoms with van der Waals surface area (Å²) in [6.45, 7) is 2.13. The van der Waals surface area contributed by atoms with Gasteiger partial charge in [-0.1, -0.05) is 68.2 Å². The predicted octanol–water partition coefficient (Wildman–Crippen LogP) is 10.1. The van der Waals surface area contributed by atoms with Crippen molar-refractivity contribution in [3.05, 3.63) is 111 Å². The van der Waals surface area contributed by atoms with Crippen LogP contribution in [0.1, 0.15) is 153 Å². The number of imide groups is 1. The van der Waals surface area contributed by atoms with E-state index in [0.29, 0.717) is 64.4 Å². The molecular weight excluding hydrogens is 999 g/mol. The van der Waals surface area contributed by atoms with E-state index >= 15 is 0 Å². The lowest BCUT2D eigenvalue weighted by molar-refractivity contribution is -0.154. The van der Waals surface area contributed by atoms with Gasteiger partial charge in [-0.3, -0.25) is 19.8 Å². The molecule has 6 aliphatic carbocycles. The number of nitrogens with one attached hydrogen (secondary N) is 2. The van der Waals surface area contributed by atoms with Gasteiger partial charge in [-0.2, -0.15) is 0 Å². The molecule has 0 aromatic heterocycles. The van der Waals surface area contributed by atoms with Crippen molar-refractivity contribution >= 4 is 29.7 Å². The zero-order valence-corrected chi connectivity index (χ0v) is 45.5. The van der Waals surface area contributed by atoms with Gasteiger partial charge in [0.25, 0.3) is 11.8 Å². The van der Waals surface area contributed by atoms with Gasteiger partial charge in [0.2, 0.25) is 5.75 Å². The van der Waals surface area contributed by atoms with Crippen LogP contribution in [0.15, 0.2) is 66.8 Å². The van der Waals surface area contributed by atoms with Crippen molar-refractivity contribution in [1.82, 2.24) is 10.2 Å². The Morgan fingerprint density at radius 1 is 0.785 bits per heavy atom. The molecule has 4 fully saturated rings. The normalized spacial score (nSPS) is 31.4. The number of carbonyl (C=O) groups excluding carboxylic acids is 2. The van der Waals surface area contributed by atoms with Crippen molar-refractivity contribution in [2.45, 2.75) is 144 Å². The molecule has 10 aliphatic rings. The summed E-state index contributed by atoms with van der Waals surface area (Å²) in [5.41, 5.74) is 7.78. The zero-order valence-electron chi connectivity index (χ0n) is 45.5. The van der Waals surface area contributed by atoms with Gasteiger partial charge in [-0.15, -0.1) is 0 Å². The molecule has 0 radical (unpaired) electrons. The van der Waals surface area contributed by atoms with E-state index in [4.69, 9.17) is 23.7 Å². The summed E-state index contributed by atoms with van der Waals surface area (Å²) in [6, 6.07) is 14.0. The number of methoxy groups -OCH3 is 2. The summed E-state index contributed by atoms with van der Waals surface area (Å²) in [7, 11) is 3.18. The number of piperidine rings is 1. The molecule has 0 unspecified atom stereocenters. The van der Waals surface area contributed by atoms with Crippen LogP contribution in [-0.2, 0) is 27.8 Å². The van der Waals surface area contributed by atoms with E-state index in [1.54, 1.807) is 24.1 Å². The van der Waals surface area contributed by atoms with Crippen LogP contribution in [0.3, 0.4) is 0 Å². The minimum absolute atomic E-state index is 0.0103. The van der Waals surface area contributed by atoms with E-state index in [0.717, 1.165) is 116 Å². The predicted molar refractivity (Wildman–Crippen MR) is 298 cm³/mol. The van der Waals surface area contributed by atoms with Crippen LogP contribution in [0.2, 0.25) is 0 Å². The number of benzene rings is 4. The highest BCUT2D eigenvalue weighted by atomic mass is 16.5. The quantitative estimate of drug-likeness (QED) is 0.0737. The number of rotatable bonds is 12. The number of fused-ring (bicyclic) bond motifs is 3. The lowest BCUT2D eigenvalue weighted by Gasteiger charge is -2.63. The van der Waals surface area contributed by atoms with Gasteiger partial charge >= 0.3 is 0 Å². The monoisotopic (exact) mass is 1070 g/mol. The van der Waals surface area contributed by atoms with Crippen LogP contribution in [0, 0.1) is 29.6 Å². The molecule has 2 amide bonds. The molecule has 0 bridgehead atoms. The average Bonchev–Trinajstić information content (AvgIpc) is 2.39. The second-order valence-electron chi connectivity index (χ2n) is 24.5. The first-order valence-electron chi connectivity index (χ1n) is 29.3. The Morgan fingerprint density at radius 3 is 2.30 bits per heavy atom. The van der Waals surface area contributed by atoms with Crippen LogP contribution < -0.4 is 34.3 Å². The molecule has 4 aromatic carbocycles. The Balaban J connectivity index is 0.814. The van der Waals surface area contributed by atoms with Gasteiger partial charge in [-0.25, -0.2) is 0 Å². The fraction of sp³-hybridized carbons (Fsp3) is 0.508. The van der Waals surface area contributed by atoms with E-state index in [1.165, 1.54) is 25.7 Å². The Labute approximate surface area is 461 Å². The number of anilines is 1. The molecule has 3 saturated carbocycles. The number of phenolic OH excluding ortho intramolecular Hbond substituents is 1. The molecule has 14 nitrogen and oxygen atoms in total. The minimum atomic E-state index is -1.07. The number of hydrogen-bond donors (Lipinski definition) is 6. The van der Waals surface area contributed by atoms with Crippen LogP contribution in [-0.4, -0.2) is 88.5 Å². The van der Waals surface area contributed by atoms with Crippen LogP contribution in [0.25, 0.3) is 23.3 Å². The van der Waals surface area contributed by atoms with Crippen LogP contribution in [0.5, 0.6) is 34.5 Å². The summed E-state index contributed by atoms with van der Waals surface area (Å²) in [5.74, 6) is 0.484. The smallest absolute Gasteiger partial charge is 0.254 e. The zero-order chi connectivity index (χ0) is 54.1. The molecule has 414 valence electrons. The lowest BCUT2D eigenvalue weighted by Crippen LogP contribution is -2.66. The first kappa shape index (κ1) is 50.9. The Bertz CT molecular complexity index is 3250. The summed E-state index contributed by atoms with van der Waals surface area (Å²) >= 11 is 0. The van der Waals surface area contributed by atoms with Crippen molar-refractivity contribution < 1.29 is 53.7 Å². The van der Waals surface area contributed by atoms with Crippen LogP contribution >= 0.6 is 0 Å². The number of amides is 2. The molecule has 1 saturated heterocycles. The maximum Gasteiger partial charge on any atom is 0.254 e. The first-order chi connectivity index (χ1) is 38.4. The number of aliphatic hydroxyl groups is 3. The van der Waals surface area contributed by atoms with Gasteiger partial charge in [0.1, 0.15) is 17.2 Å². The highest BCUT2D eigenvalue weighted by Crippen LogP contribution is 2.65. The van der Waals surface area contributed by atoms with E-state index < -0.39 is 40.8 Å². The van der Waals surface area contributed by atoms with Crippen molar-refractivity contribution in [1.29, 1.82) is 0 Å². The summed E-state index contributed by atoms with van der Waals surface area (Å²) in [4.78, 5) is 29.2. The number of allylic oxidation sites excluding steroid dienone is 2. The highest BCUT2D eigenvalue weighted by molar-refractivity contribution is 6.13. The number of aliphatic hydroxyl groups excluding tert-OH is 3. The molecule has 14 rings (SSSR count).